The van der Waals surface area contributed by atoms with Crippen LogP contribution < -0.4 is 4.72 Å². The fourth-order valence-corrected chi connectivity index (χ4v) is 2.21. The smallest absolute Gasteiger partial charge is 0.250 e. The van der Waals surface area contributed by atoms with Gasteiger partial charge in [0.25, 0.3) is 0 Å². The molecule has 0 aromatic carbocycles. The molecule has 0 saturated carbocycles. The summed E-state index contributed by atoms with van der Waals surface area (Å²) >= 11 is 0. The van der Waals surface area contributed by atoms with Crippen LogP contribution in [0.15, 0.2) is 18.3 Å². The van der Waals surface area contributed by atoms with Crippen LogP contribution in [0.3, 0.4) is 0 Å². The molecule has 0 aliphatic carbocycles. The summed E-state index contributed by atoms with van der Waals surface area (Å²) in [4.78, 5) is 3.66. The summed E-state index contributed by atoms with van der Waals surface area (Å²) in [6, 6.07) is 4.44. The van der Waals surface area contributed by atoms with E-state index in [-0.39, 0.29) is 18.0 Å². The molecular weight excluding hydrogens is 230 g/mol. The van der Waals surface area contributed by atoms with Crippen molar-refractivity contribution < 1.29 is 13.5 Å². The first-order valence-electron chi connectivity index (χ1n) is 4.56. The molecule has 1 aromatic rings. The molecule has 0 spiro atoms. The van der Waals surface area contributed by atoms with Gasteiger partial charge in [-0.1, -0.05) is 6.92 Å². The van der Waals surface area contributed by atoms with E-state index in [0.29, 0.717) is 0 Å². The van der Waals surface area contributed by atoms with Crippen LogP contribution in [0, 0.1) is 11.3 Å². The molecule has 0 aliphatic heterocycles. The minimum absolute atomic E-state index is 0.166. The van der Waals surface area contributed by atoms with Crippen LogP contribution in [0.5, 0.6) is 5.75 Å². The van der Waals surface area contributed by atoms with Crippen LogP contribution in [0.4, 0.5) is 5.82 Å². The molecular formula is C9H11N3O3S. The lowest BCUT2D eigenvalue weighted by Gasteiger charge is -2.10. The molecule has 0 saturated heterocycles. The van der Waals surface area contributed by atoms with E-state index in [4.69, 9.17) is 5.26 Å². The van der Waals surface area contributed by atoms with Crippen molar-refractivity contribution in [1.82, 2.24) is 4.98 Å². The molecule has 6 nitrogen and oxygen atoms in total. The SMILES string of the molecule is CCC(C#N)S(=O)(=O)Nc1ncccc1O. The number of nitrogens with one attached hydrogen (secondary N) is 1. The summed E-state index contributed by atoms with van der Waals surface area (Å²) in [5.74, 6) is -0.449. The van der Waals surface area contributed by atoms with Crippen LogP contribution in [0.25, 0.3) is 0 Å². The van der Waals surface area contributed by atoms with Gasteiger partial charge in [0.15, 0.2) is 16.8 Å². The molecule has 7 heteroatoms. The third-order valence-corrected chi connectivity index (χ3v) is 3.58. The van der Waals surface area contributed by atoms with E-state index < -0.39 is 15.3 Å². The second kappa shape index (κ2) is 4.81. The standard InChI is InChI=1S/C9H11N3O3S/c1-2-7(6-10)16(14,15)12-9-8(13)4-3-5-11-9/h3-5,7,13H,2H2,1H3,(H,11,12). The molecule has 1 heterocycles. The fourth-order valence-electron chi connectivity index (χ4n) is 1.06. The number of aromatic hydroxyl groups is 1. The van der Waals surface area contributed by atoms with Gasteiger partial charge >= 0.3 is 0 Å². The molecule has 1 unspecified atom stereocenters. The predicted octanol–water partition coefficient (Wildman–Crippen LogP) is 0.831. The van der Waals surface area contributed by atoms with Crippen molar-refractivity contribution in [3.8, 4) is 11.8 Å². The first-order valence-corrected chi connectivity index (χ1v) is 6.11. The number of aromatic nitrogens is 1. The van der Waals surface area contributed by atoms with E-state index in [9.17, 15) is 13.5 Å². The molecule has 0 bridgehead atoms. The number of hydrogen-bond acceptors (Lipinski definition) is 5. The average Bonchev–Trinajstić information content (AvgIpc) is 2.22. The molecule has 0 amide bonds. The fraction of sp³-hybridized carbons (Fsp3) is 0.333. The molecule has 2 N–H and O–H groups in total. The van der Waals surface area contributed by atoms with Crippen LogP contribution >= 0.6 is 0 Å². The van der Waals surface area contributed by atoms with Crippen molar-refractivity contribution in [2.45, 2.75) is 18.6 Å². The van der Waals surface area contributed by atoms with Crippen molar-refractivity contribution in [3.63, 3.8) is 0 Å². The molecule has 1 aromatic heterocycles. The predicted molar refractivity (Wildman–Crippen MR) is 58.1 cm³/mol. The highest BCUT2D eigenvalue weighted by Gasteiger charge is 2.24. The Morgan fingerprint density at radius 2 is 2.38 bits per heavy atom. The Balaban J connectivity index is 2.99. The topological polar surface area (TPSA) is 103 Å². The lowest BCUT2D eigenvalue weighted by atomic mass is 10.4. The van der Waals surface area contributed by atoms with E-state index in [1.165, 1.54) is 18.3 Å². The van der Waals surface area contributed by atoms with Gasteiger partial charge in [0.1, 0.15) is 0 Å². The van der Waals surface area contributed by atoms with Crippen LogP contribution in [0.2, 0.25) is 0 Å². The maximum absolute atomic E-state index is 11.6. The van der Waals surface area contributed by atoms with Crippen molar-refractivity contribution in [2.75, 3.05) is 4.72 Å². The largest absolute Gasteiger partial charge is 0.504 e. The lowest BCUT2D eigenvalue weighted by Crippen LogP contribution is -2.26. The van der Waals surface area contributed by atoms with Crippen LogP contribution in [0.1, 0.15) is 13.3 Å². The highest BCUT2D eigenvalue weighted by atomic mass is 32.2. The van der Waals surface area contributed by atoms with Crippen molar-refractivity contribution >= 4 is 15.8 Å². The van der Waals surface area contributed by atoms with Gasteiger partial charge in [0.2, 0.25) is 10.0 Å². The van der Waals surface area contributed by atoms with E-state index in [1.54, 1.807) is 13.0 Å². The zero-order valence-corrected chi connectivity index (χ0v) is 9.40. The maximum atomic E-state index is 11.6. The second-order valence-corrected chi connectivity index (χ2v) is 4.91. The highest BCUT2D eigenvalue weighted by Crippen LogP contribution is 2.21. The van der Waals surface area contributed by atoms with Gasteiger partial charge in [-0.05, 0) is 18.6 Å². The van der Waals surface area contributed by atoms with Gasteiger partial charge in [-0.25, -0.2) is 13.4 Å². The summed E-state index contributed by atoms with van der Waals surface area (Å²) in [5, 5.41) is 16.8. The molecule has 86 valence electrons. The van der Waals surface area contributed by atoms with E-state index >= 15 is 0 Å². The van der Waals surface area contributed by atoms with Crippen LogP contribution in [-0.2, 0) is 10.0 Å². The van der Waals surface area contributed by atoms with E-state index in [0.717, 1.165) is 0 Å². The maximum Gasteiger partial charge on any atom is 0.250 e. The first kappa shape index (κ1) is 12.3. The number of rotatable bonds is 4. The summed E-state index contributed by atoms with van der Waals surface area (Å²) < 4.78 is 25.3. The van der Waals surface area contributed by atoms with Crippen molar-refractivity contribution in [3.05, 3.63) is 18.3 Å². The Morgan fingerprint density at radius 1 is 1.69 bits per heavy atom. The molecule has 16 heavy (non-hydrogen) atoms. The number of nitriles is 1. The summed E-state index contributed by atoms with van der Waals surface area (Å²) in [6.45, 7) is 1.59. The highest BCUT2D eigenvalue weighted by molar-refractivity contribution is 7.93. The summed E-state index contributed by atoms with van der Waals surface area (Å²) in [5.41, 5.74) is 0. The third kappa shape index (κ3) is 2.61. The van der Waals surface area contributed by atoms with Crippen molar-refractivity contribution in [1.29, 1.82) is 5.26 Å². The molecule has 0 fully saturated rings. The summed E-state index contributed by atoms with van der Waals surface area (Å²) in [6.07, 6.45) is 1.50. The Bertz CT molecular complexity index is 507. The minimum Gasteiger partial charge on any atom is -0.504 e. The Morgan fingerprint density at radius 3 is 2.88 bits per heavy atom. The summed E-state index contributed by atoms with van der Waals surface area (Å²) in [7, 11) is -3.83. The number of pyridine rings is 1. The van der Waals surface area contributed by atoms with Gasteiger partial charge < -0.3 is 5.11 Å². The number of sulfonamides is 1. The quantitative estimate of drug-likeness (QED) is 0.812. The lowest BCUT2D eigenvalue weighted by molar-refractivity contribution is 0.475. The molecule has 0 radical (unpaired) electrons. The molecule has 0 aliphatic rings. The van der Waals surface area contributed by atoms with Gasteiger partial charge in [0.05, 0.1) is 6.07 Å². The third-order valence-electron chi connectivity index (χ3n) is 1.91. The number of anilines is 1. The van der Waals surface area contributed by atoms with Crippen LogP contribution in [-0.4, -0.2) is 23.8 Å². The van der Waals surface area contributed by atoms with E-state index in [1.807, 2.05) is 0 Å². The molecule has 1 rings (SSSR count). The second-order valence-electron chi connectivity index (χ2n) is 3.04. The van der Waals surface area contributed by atoms with E-state index in [2.05, 4.69) is 9.71 Å². The monoisotopic (exact) mass is 241 g/mol. The van der Waals surface area contributed by atoms with Gasteiger partial charge in [0, 0.05) is 6.20 Å². The zero-order chi connectivity index (χ0) is 12.2. The van der Waals surface area contributed by atoms with Gasteiger partial charge in [-0.3, -0.25) is 4.72 Å². The Hall–Kier alpha value is -1.81. The van der Waals surface area contributed by atoms with Crippen molar-refractivity contribution in [2.24, 2.45) is 0 Å². The zero-order valence-electron chi connectivity index (χ0n) is 8.58. The normalized spacial score (nSPS) is 12.8. The Labute approximate surface area is 93.6 Å². The average molecular weight is 241 g/mol. The molecule has 1 atom stereocenters. The van der Waals surface area contributed by atoms with Gasteiger partial charge in [-0.15, -0.1) is 0 Å². The number of hydrogen-bond donors (Lipinski definition) is 2. The first-order chi connectivity index (χ1) is 7.51. The van der Waals surface area contributed by atoms with Gasteiger partial charge in [-0.2, -0.15) is 5.26 Å². The Kier molecular flexibility index (Phi) is 3.68. The minimum atomic E-state index is -3.83. The number of nitrogens with zero attached hydrogens (tertiary/aromatic N) is 2.